The molecule has 0 amide bonds. The van der Waals surface area contributed by atoms with E-state index in [0.717, 1.165) is 24.2 Å². The van der Waals surface area contributed by atoms with Crippen LogP contribution in [0.15, 0.2) is 30.3 Å². The first kappa shape index (κ1) is 29.0. The molecular formula is C33H52O3. The Hall–Kier alpha value is -1.61. The predicted octanol–water partition coefficient (Wildman–Crippen LogP) is 8.24. The number of aliphatic hydroxyl groups excluding tert-OH is 1. The van der Waals surface area contributed by atoms with Crippen molar-refractivity contribution in [3.63, 3.8) is 0 Å². The van der Waals surface area contributed by atoms with E-state index in [-0.39, 0.29) is 18.5 Å². The maximum Gasteiger partial charge on any atom is 0.308 e. The first-order valence-electron chi connectivity index (χ1n) is 14.9. The number of allylic oxidation sites excluding steroid dienone is 2. The van der Waals surface area contributed by atoms with Gasteiger partial charge in [-0.3, -0.25) is 4.79 Å². The van der Waals surface area contributed by atoms with Crippen LogP contribution in [0.2, 0.25) is 0 Å². The second kappa shape index (κ2) is 15.0. The Bertz CT molecular complexity index is 799. The van der Waals surface area contributed by atoms with E-state index in [1.54, 1.807) is 5.57 Å². The molecule has 1 saturated carbocycles. The molecule has 0 radical (unpaired) electrons. The van der Waals surface area contributed by atoms with Gasteiger partial charge in [-0.25, -0.2) is 0 Å². The van der Waals surface area contributed by atoms with Gasteiger partial charge in [0, 0.05) is 6.61 Å². The lowest BCUT2D eigenvalue weighted by Gasteiger charge is -2.38. The first-order chi connectivity index (χ1) is 17.4. The van der Waals surface area contributed by atoms with Crippen molar-refractivity contribution in [2.75, 3.05) is 13.2 Å². The summed E-state index contributed by atoms with van der Waals surface area (Å²) in [5, 5.41) is 9.55. The molecule has 0 heterocycles. The molecule has 0 saturated heterocycles. The normalized spacial score (nSPS) is 23.5. The summed E-state index contributed by atoms with van der Waals surface area (Å²) in [6, 6.07) is 9.39. The van der Waals surface area contributed by atoms with Crippen LogP contribution in [-0.4, -0.2) is 24.3 Å². The number of rotatable bonds is 13. The minimum Gasteiger partial charge on any atom is -0.465 e. The second-order valence-corrected chi connectivity index (χ2v) is 12.3. The van der Waals surface area contributed by atoms with E-state index in [1.165, 1.54) is 81.8 Å². The van der Waals surface area contributed by atoms with E-state index in [0.29, 0.717) is 18.4 Å². The summed E-state index contributed by atoms with van der Waals surface area (Å²) in [7, 11) is 0. The Morgan fingerprint density at radius 2 is 1.67 bits per heavy atom. The molecule has 0 spiro atoms. The van der Waals surface area contributed by atoms with Crippen LogP contribution in [0.5, 0.6) is 0 Å². The molecule has 2 aliphatic rings. The third-order valence-corrected chi connectivity index (χ3v) is 8.83. The van der Waals surface area contributed by atoms with Crippen molar-refractivity contribution in [3.05, 3.63) is 41.5 Å². The highest BCUT2D eigenvalue weighted by atomic mass is 16.5. The lowest BCUT2D eigenvalue weighted by Crippen LogP contribution is -2.30. The van der Waals surface area contributed by atoms with Crippen molar-refractivity contribution in [3.8, 4) is 0 Å². The Balaban J connectivity index is 1.43. The number of aliphatic hydroxyl groups is 1. The van der Waals surface area contributed by atoms with Crippen LogP contribution < -0.4 is 0 Å². The van der Waals surface area contributed by atoms with Gasteiger partial charge >= 0.3 is 5.97 Å². The molecule has 1 aromatic carbocycles. The van der Waals surface area contributed by atoms with E-state index >= 15 is 0 Å². The minimum absolute atomic E-state index is 0.0859. The zero-order valence-electron chi connectivity index (χ0n) is 23.5. The number of hydrogen-bond donors (Lipinski definition) is 1. The molecule has 3 heteroatoms. The molecule has 1 fully saturated rings. The fourth-order valence-electron chi connectivity index (χ4n) is 6.38. The van der Waals surface area contributed by atoms with Gasteiger partial charge in [0.2, 0.25) is 0 Å². The van der Waals surface area contributed by atoms with Crippen molar-refractivity contribution in [1.82, 2.24) is 0 Å². The predicted molar refractivity (Wildman–Crippen MR) is 151 cm³/mol. The van der Waals surface area contributed by atoms with Gasteiger partial charge in [0.05, 0.1) is 12.5 Å². The zero-order valence-corrected chi connectivity index (χ0v) is 23.5. The van der Waals surface area contributed by atoms with Gasteiger partial charge < -0.3 is 9.84 Å². The number of carbonyl (C=O) groups is 1. The molecular weight excluding hydrogens is 444 g/mol. The molecule has 0 aliphatic heterocycles. The number of carbonyl (C=O) groups excluding carboxylic acids is 1. The fourth-order valence-corrected chi connectivity index (χ4v) is 6.38. The first-order valence-corrected chi connectivity index (χ1v) is 14.9. The van der Waals surface area contributed by atoms with Crippen LogP contribution >= 0.6 is 0 Å². The van der Waals surface area contributed by atoms with Crippen molar-refractivity contribution in [2.45, 2.75) is 105 Å². The Morgan fingerprint density at radius 1 is 0.944 bits per heavy atom. The molecule has 2 atom stereocenters. The summed E-state index contributed by atoms with van der Waals surface area (Å²) < 4.78 is 5.55. The largest absolute Gasteiger partial charge is 0.465 e. The summed E-state index contributed by atoms with van der Waals surface area (Å²) in [5.74, 6) is 3.12. The highest BCUT2D eigenvalue weighted by Crippen LogP contribution is 2.43. The second-order valence-electron chi connectivity index (χ2n) is 12.3. The van der Waals surface area contributed by atoms with Crippen LogP contribution in [-0.2, 0) is 16.0 Å². The number of unbranched alkanes of at least 4 members (excludes halogenated alkanes) is 1. The number of aryl methyl sites for hydroxylation is 1. The average Bonchev–Trinajstić information content (AvgIpc) is 2.89. The van der Waals surface area contributed by atoms with Crippen LogP contribution in [0, 0.1) is 35.5 Å². The van der Waals surface area contributed by atoms with E-state index in [4.69, 9.17) is 4.74 Å². The lowest BCUT2D eigenvalue weighted by atomic mass is 9.68. The summed E-state index contributed by atoms with van der Waals surface area (Å²) in [4.78, 5) is 11.9. The summed E-state index contributed by atoms with van der Waals surface area (Å²) in [5.41, 5.74) is 4.44. The molecule has 2 aliphatic carbocycles. The summed E-state index contributed by atoms with van der Waals surface area (Å²) in [6.45, 7) is 9.03. The zero-order chi connectivity index (χ0) is 25.9. The smallest absolute Gasteiger partial charge is 0.308 e. The third kappa shape index (κ3) is 9.05. The number of benzene rings is 1. The SMILES string of the molecule is CC(C)CCCCc1ccc(C2=CCC(C3CCC(C(CCO)COC(=O)C(C)C)CC3)CC2)cc1. The molecule has 2 unspecified atom stereocenters. The lowest BCUT2D eigenvalue weighted by molar-refractivity contribution is -0.149. The van der Waals surface area contributed by atoms with E-state index < -0.39 is 0 Å². The summed E-state index contributed by atoms with van der Waals surface area (Å²) in [6.07, 6.45) is 17.2. The van der Waals surface area contributed by atoms with E-state index in [1.807, 2.05) is 13.8 Å². The van der Waals surface area contributed by atoms with Crippen LogP contribution in [0.25, 0.3) is 5.57 Å². The number of hydrogen-bond acceptors (Lipinski definition) is 3. The maximum atomic E-state index is 11.9. The van der Waals surface area contributed by atoms with Gasteiger partial charge in [-0.2, -0.15) is 0 Å². The van der Waals surface area contributed by atoms with Gasteiger partial charge in [-0.15, -0.1) is 0 Å². The maximum absolute atomic E-state index is 11.9. The van der Waals surface area contributed by atoms with Gasteiger partial charge in [0.1, 0.15) is 0 Å². The standard InChI is InChI=1S/C33H52O3/c1-24(2)7-5-6-8-26-9-11-27(12-10-26)28-13-15-29(16-14-28)30-17-19-31(20-18-30)32(21-22-34)23-36-33(35)25(3)4/h9-13,24-25,29-32,34H,5-8,14-23H2,1-4H3. The number of ether oxygens (including phenoxy) is 1. The minimum atomic E-state index is -0.118. The third-order valence-electron chi connectivity index (χ3n) is 8.83. The molecule has 3 nitrogen and oxygen atoms in total. The van der Waals surface area contributed by atoms with Crippen molar-refractivity contribution in [1.29, 1.82) is 0 Å². The van der Waals surface area contributed by atoms with Crippen molar-refractivity contribution in [2.24, 2.45) is 35.5 Å². The highest BCUT2D eigenvalue weighted by molar-refractivity contribution is 5.71. The Labute approximate surface area is 221 Å². The van der Waals surface area contributed by atoms with Gasteiger partial charge in [0.15, 0.2) is 0 Å². The molecule has 0 bridgehead atoms. The van der Waals surface area contributed by atoms with Gasteiger partial charge in [-0.1, -0.05) is 70.9 Å². The molecule has 0 aromatic heterocycles. The van der Waals surface area contributed by atoms with Crippen LogP contribution in [0.3, 0.4) is 0 Å². The van der Waals surface area contributed by atoms with Crippen LogP contribution in [0.1, 0.15) is 109 Å². The average molecular weight is 497 g/mol. The molecule has 1 N–H and O–H groups in total. The van der Waals surface area contributed by atoms with E-state index in [2.05, 4.69) is 44.2 Å². The van der Waals surface area contributed by atoms with Crippen LogP contribution in [0.4, 0.5) is 0 Å². The van der Waals surface area contributed by atoms with Gasteiger partial charge in [-0.05, 0) is 110 Å². The van der Waals surface area contributed by atoms with Crippen molar-refractivity contribution >= 4 is 11.5 Å². The molecule has 3 rings (SSSR count). The molecule has 36 heavy (non-hydrogen) atoms. The van der Waals surface area contributed by atoms with Crippen molar-refractivity contribution < 1.29 is 14.6 Å². The Morgan fingerprint density at radius 3 is 2.25 bits per heavy atom. The highest BCUT2D eigenvalue weighted by Gasteiger charge is 2.32. The number of esters is 1. The fraction of sp³-hybridized carbons (Fsp3) is 0.727. The Kier molecular flexibility index (Phi) is 12.0. The monoisotopic (exact) mass is 496 g/mol. The molecule has 1 aromatic rings. The molecule has 202 valence electrons. The quantitative estimate of drug-likeness (QED) is 0.221. The summed E-state index contributed by atoms with van der Waals surface area (Å²) >= 11 is 0. The van der Waals surface area contributed by atoms with E-state index in [9.17, 15) is 9.90 Å². The van der Waals surface area contributed by atoms with Gasteiger partial charge in [0.25, 0.3) is 0 Å². The topological polar surface area (TPSA) is 46.5 Å².